The number of carbonyl (C=O) groups is 2. The molecule has 0 unspecified atom stereocenters. The molecule has 1 heterocycles. The fourth-order valence-electron chi connectivity index (χ4n) is 3.24. The van der Waals surface area contributed by atoms with E-state index < -0.39 is 17.5 Å². The molecule has 0 spiro atoms. The first kappa shape index (κ1) is 18.8. The molecule has 1 aliphatic heterocycles. The van der Waals surface area contributed by atoms with Crippen LogP contribution in [0.4, 0.5) is 14.0 Å². The second-order valence-electron chi connectivity index (χ2n) is 7.66. The van der Waals surface area contributed by atoms with Gasteiger partial charge in [-0.2, -0.15) is 0 Å². The van der Waals surface area contributed by atoms with Crippen LogP contribution in [0.25, 0.3) is 0 Å². The highest BCUT2D eigenvalue weighted by Crippen LogP contribution is 2.48. The molecule has 1 N–H and O–H groups in total. The van der Waals surface area contributed by atoms with Crippen molar-refractivity contribution in [3.63, 3.8) is 0 Å². The maximum Gasteiger partial charge on any atom is 0.412 e. The summed E-state index contributed by atoms with van der Waals surface area (Å²) in [5.74, 6) is -0.578. The van der Waals surface area contributed by atoms with E-state index in [0.29, 0.717) is 5.92 Å². The number of hydrogen-bond acceptors (Lipinski definition) is 4. The van der Waals surface area contributed by atoms with Crippen LogP contribution in [0.1, 0.15) is 33.6 Å². The molecule has 1 saturated carbocycles. The number of amides is 2. The third-order valence-corrected chi connectivity index (χ3v) is 4.71. The lowest BCUT2D eigenvalue weighted by molar-refractivity contribution is 0.0184. The molecule has 3 atom stereocenters. The lowest BCUT2D eigenvalue weighted by atomic mass is 10.1. The Morgan fingerprint density at radius 2 is 2.08 bits per heavy atom. The Bertz CT molecular complexity index is 722. The quantitative estimate of drug-likeness (QED) is 0.856. The highest BCUT2D eigenvalue weighted by molar-refractivity contribution is 6.30. The van der Waals surface area contributed by atoms with Crippen LogP contribution < -0.4 is 10.1 Å². The van der Waals surface area contributed by atoms with Gasteiger partial charge in [-0.1, -0.05) is 17.7 Å². The standard InChI is InChI=1S/C18H22ClFN2O4/c1-18(2,3)26-17(24)22-11(7-10-8-13(10)22)9-21-16(23)25-14-6-4-5-12(19)15(14)20/h4-6,10-11,13H,7-9H2,1-3H3,(H,21,23)/t10-,11-,13+/m0/s1. The third-order valence-electron chi connectivity index (χ3n) is 4.42. The Labute approximate surface area is 156 Å². The highest BCUT2D eigenvalue weighted by atomic mass is 35.5. The Hall–Kier alpha value is -2.02. The number of carbonyl (C=O) groups excluding carboxylic acids is 2. The third kappa shape index (κ3) is 4.20. The number of halogens is 2. The molecule has 1 aromatic carbocycles. The zero-order chi connectivity index (χ0) is 19.1. The van der Waals surface area contributed by atoms with Crippen LogP contribution in [0.2, 0.25) is 5.02 Å². The topological polar surface area (TPSA) is 67.9 Å². The molecule has 3 rings (SSSR count). The summed E-state index contributed by atoms with van der Waals surface area (Å²) in [5, 5.41) is 2.47. The molecule has 1 aliphatic carbocycles. The number of piperidine rings is 1. The molecule has 2 amide bonds. The fraction of sp³-hybridized carbons (Fsp3) is 0.556. The predicted octanol–water partition coefficient (Wildman–Crippen LogP) is 3.97. The number of benzene rings is 1. The van der Waals surface area contributed by atoms with Crippen molar-refractivity contribution in [1.82, 2.24) is 10.2 Å². The summed E-state index contributed by atoms with van der Waals surface area (Å²) in [6, 6.07) is 4.19. The van der Waals surface area contributed by atoms with Crippen molar-refractivity contribution >= 4 is 23.8 Å². The minimum Gasteiger partial charge on any atom is -0.444 e. The first-order chi connectivity index (χ1) is 12.2. The minimum atomic E-state index is -0.795. The molecule has 6 nitrogen and oxygen atoms in total. The Kier molecular flexibility index (Phi) is 5.01. The van der Waals surface area contributed by atoms with Crippen molar-refractivity contribution in [2.75, 3.05) is 6.54 Å². The molecule has 26 heavy (non-hydrogen) atoms. The summed E-state index contributed by atoms with van der Waals surface area (Å²) in [4.78, 5) is 26.1. The first-order valence-electron chi connectivity index (χ1n) is 8.56. The van der Waals surface area contributed by atoms with E-state index in [1.807, 2.05) is 20.8 Å². The van der Waals surface area contributed by atoms with E-state index in [2.05, 4.69) is 5.32 Å². The van der Waals surface area contributed by atoms with Gasteiger partial charge in [0.1, 0.15) is 5.60 Å². The van der Waals surface area contributed by atoms with Crippen LogP contribution in [0, 0.1) is 11.7 Å². The first-order valence-corrected chi connectivity index (χ1v) is 8.94. The maximum absolute atomic E-state index is 13.8. The van der Waals surface area contributed by atoms with E-state index in [4.69, 9.17) is 21.1 Å². The van der Waals surface area contributed by atoms with Gasteiger partial charge in [-0.3, -0.25) is 0 Å². The van der Waals surface area contributed by atoms with Gasteiger partial charge >= 0.3 is 12.2 Å². The van der Waals surface area contributed by atoms with Gasteiger partial charge in [-0.05, 0) is 51.7 Å². The minimum absolute atomic E-state index is 0.123. The normalized spacial score (nSPS) is 24.0. The van der Waals surface area contributed by atoms with Gasteiger partial charge in [0.25, 0.3) is 0 Å². The van der Waals surface area contributed by atoms with Crippen LogP contribution in [0.3, 0.4) is 0 Å². The number of nitrogens with one attached hydrogen (secondary N) is 1. The smallest absolute Gasteiger partial charge is 0.412 e. The van der Waals surface area contributed by atoms with Crippen molar-refractivity contribution in [3.05, 3.63) is 29.0 Å². The van der Waals surface area contributed by atoms with Crippen LogP contribution in [0.15, 0.2) is 18.2 Å². The van der Waals surface area contributed by atoms with Crippen LogP contribution in [-0.4, -0.2) is 41.3 Å². The van der Waals surface area contributed by atoms with E-state index in [9.17, 15) is 14.0 Å². The summed E-state index contributed by atoms with van der Waals surface area (Å²) in [5.41, 5.74) is -0.578. The molecule has 142 valence electrons. The van der Waals surface area contributed by atoms with Crippen molar-refractivity contribution in [2.45, 2.75) is 51.3 Å². The summed E-state index contributed by atoms with van der Waals surface area (Å²) in [6.45, 7) is 5.66. The van der Waals surface area contributed by atoms with Gasteiger partial charge < -0.3 is 19.7 Å². The number of likely N-dealkylation sites (tertiary alicyclic amines) is 1. The van der Waals surface area contributed by atoms with E-state index in [1.54, 1.807) is 4.90 Å². The largest absolute Gasteiger partial charge is 0.444 e. The summed E-state index contributed by atoms with van der Waals surface area (Å²) < 4.78 is 24.2. The number of rotatable bonds is 3. The van der Waals surface area contributed by atoms with Crippen LogP contribution in [0.5, 0.6) is 5.75 Å². The van der Waals surface area contributed by atoms with E-state index in [-0.39, 0.29) is 35.5 Å². The van der Waals surface area contributed by atoms with Crippen molar-refractivity contribution in [2.24, 2.45) is 5.92 Å². The number of ether oxygens (including phenoxy) is 2. The summed E-state index contributed by atoms with van der Waals surface area (Å²) in [7, 11) is 0. The SMILES string of the molecule is CC(C)(C)OC(=O)N1[C@H](CNC(=O)Oc2cccc(Cl)c2F)C[C@H]2C[C@H]21. The van der Waals surface area contributed by atoms with Crippen molar-refractivity contribution in [3.8, 4) is 5.75 Å². The predicted molar refractivity (Wildman–Crippen MR) is 93.8 cm³/mol. The summed E-state index contributed by atoms with van der Waals surface area (Å²) >= 11 is 5.66. The number of hydrogen-bond donors (Lipinski definition) is 1. The van der Waals surface area contributed by atoms with Crippen LogP contribution >= 0.6 is 11.6 Å². The van der Waals surface area contributed by atoms with Crippen molar-refractivity contribution < 1.29 is 23.5 Å². The van der Waals surface area contributed by atoms with Crippen LogP contribution in [-0.2, 0) is 4.74 Å². The molecule has 0 bridgehead atoms. The van der Waals surface area contributed by atoms with Gasteiger partial charge in [0, 0.05) is 12.6 Å². The van der Waals surface area contributed by atoms with Gasteiger partial charge in [-0.25, -0.2) is 14.0 Å². The maximum atomic E-state index is 13.8. The average molecular weight is 385 g/mol. The lowest BCUT2D eigenvalue weighted by Gasteiger charge is -2.30. The second-order valence-corrected chi connectivity index (χ2v) is 8.07. The molecule has 1 aromatic rings. The Balaban J connectivity index is 1.56. The molecule has 1 saturated heterocycles. The zero-order valence-corrected chi connectivity index (χ0v) is 15.7. The highest BCUT2D eigenvalue weighted by Gasteiger charge is 2.54. The van der Waals surface area contributed by atoms with Gasteiger partial charge in [0.15, 0.2) is 11.6 Å². The molecule has 0 radical (unpaired) electrons. The van der Waals surface area contributed by atoms with Gasteiger partial charge in [0.2, 0.25) is 0 Å². The Morgan fingerprint density at radius 1 is 1.35 bits per heavy atom. The fourth-order valence-corrected chi connectivity index (χ4v) is 3.41. The van der Waals surface area contributed by atoms with Crippen molar-refractivity contribution in [1.29, 1.82) is 0 Å². The van der Waals surface area contributed by atoms with E-state index in [0.717, 1.165) is 12.8 Å². The van der Waals surface area contributed by atoms with Gasteiger partial charge in [0.05, 0.1) is 11.1 Å². The van der Waals surface area contributed by atoms with E-state index >= 15 is 0 Å². The molecular formula is C18H22ClFN2O4. The van der Waals surface area contributed by atoms with E-state index in [1.165, 1.54) is 18.2 Å². The zero-order valence-electron chi connectivity index (χ0n) is 14.9. The molecule has 2 aliphatic rings. The molecule has 8 heteroatoms. The molecule has 2 fully saturated rings. The average Bonchev–Trinajstić information content (AvgIpc) is 3.18. The summed E-state index contributed by atoms with van der Waals surface area (Å²) in [6.07, 6.45) is 0.600. The monoisotopic (exact) mass is 384 g/mol. The molecule has 0 aromatic heterocycles. The lowest BCUT2D eigenvalue weighted by Crippen LogP contribution is -2.47. The number of nitrogens with zero attached hydrogens (tertiary/aromatic N) is 1. The van der Waals surface area contributed by atoms with Gasteiger partial charge in [-0.15, -0.1) is 0 Å². The molecular weight excluding hydrogens is 363 g/mol. The second kappa shape index (κ2) is 6.95. The Morgan fingerprint density at radius 3 is 2.77 bits per heavy atom. The number of fused-ring (bicyclic) bond motifs is 1.